The second-order valence-electron chi connectivity index (χ2n) is 5.56. The van der Waals surface area contributed by atoms with Crippen LogP contribution in [0.15, 0.2) is 10.9 Å². The quantitative estimate of drug-likeness (QED) is 0.846. The number of nitrogens with zero attached hydrogens (tertiary/aromatic N) is 1. The maximum absolute atomic E-state index is 11.6. The Morgan fingerprint density at radius 2 is 2.06 bits per heavy atom. The zero-order valence-electron chi connectivity index (χ0n) is 10.8. The molecule has 2 rings (SSSR count). The van der Waals surface area contributed by atoms with E-state index in [9.17, 15) is 4.79 Å². The van der Waals surface area contributed by atoms with Crippen LogP contribution in [0.2, 0.25) is 0 Å². The lowest BCUT2D eigenvalue weighted by atomic mass is 10.0. The average Bonchev–Trinajstić information content (AvgIpc) is 2.63. The van der Waals surface area contributed by atoms with E-state index in [0.29, 0.717) is 5.82 Å². The maximum Gasteiger partial charge on any atom is 0.252 e. The summed E-state index contributed by atoms with van der Waals surface area (Å²) in [4.78, 5) is 18.8. The van der Waals surface area contributed by atoms with Gasteiger partial charge in [0.1, 0.15) is 11.6 Å². The summed E-state index contributed by atoms with van der Waals surface area (Å²) >= 11 is 0. The molecule has 1 aliphatic rings. The third kappa shape index (κ3) is 2.87. The van der Waals surface area contributed by atoms with Crippen LogP contribution in [0.25, 0.3) is 0 Å². The van der Waals surface area contributed by atoms with Crippen molar-refractivity contribution in [3.05, 3.63) is 22.2 Å². The number of aromatic nitrogens is 2. The Kier molecular flexibility index (Phi) is 3.22. The van der Waals surface area contributed by atoms with E-state index in [1.165, 1.54) is 12.8 Å². The predicted molar refractivity (Wildman–Crippen MR) is 69.4 cm³/mol. The number of hydrogen-bond donors (Lipinski definition) is 2. The molecule has 0 bridgehead atoms. The molecule has 4 nitrogen and oxygen atoms in total. The van der Waals surface area contributed by atoms with Crippen molar-refractivity contribution in [3.63, 3.8) is 0 Å². The highest BCUT2D eigenvalue weighted by atomic mass is 16.1. The van der Waals surface area contributed by atoms with Gasteiger partial charge in [-0.05, 0) is 19.8 Å². The second kappa shape index (κ2) is 4.51. The van der Waals surface area contributed by atoms with Gasteiger partial charge in [0.2, 0.25) is 0 Å². The highest BCUT2D eigenvalue weighted by Gasteiger charge is 2.28. The van der Waals surface area contributed by atoms with E-state index in [4.69, 9.17) is 0 Å². The van der Waals surface area contributed by atoms with Crippen LogP contribution in [0.1, 0.15) is 58.2 Å². The molecule has 94 valence electrons. The molecule has 4 heteroatoms. The third-order valence-electron chi connectivity index (χ3n) is 3.44. The van der Waals surface area contributed by atoms with Gasteiger partial charge in [0.05, 0.1) is 0 Å². The standard InChI is InChI=1S/C13H21N3O/c1-9(2)12-14-10(8-11(17)15-12)16-13(3)6-4-5-7-13/h8-9H,4-7H2,1-3H3,(H2,14,15,16,17). The Hall–Kier alpha value is -1.32. The summed E-state index contributed by atoms with van der Waals surface area (Å²) in [5, 5.41) is 3.42. The molecule has 1 fully saturated rings. The molecule has 0 aliphatic heterocycles. The summed E-state index contributed by atoms with van der Waals surface area (Å²) < 4.78 is 0. The van der Waals surface area contributed by atoms with Crippen molar-refractivity contribution >= 4 is 5.82 Å². The fourth-order valence-corrected chi connectivity index (χ4v) is 2.40. The van der Waals surface area contributed by atoms with Crippen molar-refractivity contribution in [1.82, 2.24) is 9.97 Å². The van der Waals surface area contributed by atoms with Crippen molar-refractivity contribution in [3.8, 4) is 0 Å². The number of nitrogens with one attached hydrogen (secondary N) is 2. The lowest BCUT2D eigenvalue weighted by Gasteiger charge is -2.26. The van der Waals surface area contributed by atoms with Crippen molar-refractivity contribution in [2.75, 3.05) is 5.32 Å². The monoisotopic (exact) mass is 235 g/mol. The lowest BCUT2D eigenvalue weighted by Crippen LogP contribution is -2.32. The Labute approximate surface area is 102 Å². The minimum atomic E-state index is -0.0761. The molecule has 1 aromatic rings. The van der Waals surface area contributed by atoms with Crippen molar-refractivity contribution in [1.29, 1.82) is 0 Å². The number of anilines is 1. The first-order valence-corrected chi connectivity index (χ1v) is 6.38. The van der Waals surface area contributed by atoms with Crippen LogP contribution in [0, 0.1) is 0 Å². The Morgan fingerprint density at radius 3 is 2.65 bits per heavy atom. The second-order valence-corrected chi connectivity index (χ2v) is 5.56. The summed E-state index contributed by atoms with van der Waals surface area (Å²) in [7, 11) is 0. The number of H-pyrrole nitrogens is 1. The van der Waals surface area contributed by atoms with E-state index in [1.807, 2.05) is 13.8 Å². The molecular formula is C13H21N3O. The van der Waals surface area contributed by atoms with E-state index in [1.54, 1.807) is 6.07 Å². The van der Waals surface area contributed by atoms with E-state index in [-0.39, 0.29) is 17.0 Å². The van der Waals surface area contributed by atoms with Gasteiger partial charge < -0.3 is 10.3 Å². The normalized spacial score (nSPS) is 18.6. The summed E-state index contributed by atoms with van der Waals surface area (Å²) in [5.74, 6) is 1.70. The molecule has 0 aromatic carbocycles. The molecule has 0 spiro atoms. The van der Waals surface area contributed by atoms with Crippen molar-refractivity contribution in [2.45, 2.75) is 57.9 Å². The van der Waals surface area contributed by atoms with Crippen molar-refractivity contribution < 1.29 is 0 Å². The Bertz CT molecular complexity index is 444. The van der Waals surface area contributed by atoms with E-state index in [0.717, 1.165) is 18.7 Å². The summed E-state index contributed by atoms with van der Waals surface area (Å²) in [6.45, 7) is 6.26. The molecule has 1 aliphatic carbocycles. The first kappa shape index (κ1) is 12.1. The van der Waals surface area contributed by atoms with Gasteiger partial charge in [-0.3, -0.25) is 4.79 Å². The number of hydrogen-bond acceptors (Lipinski definition) is 3. The summed E-state index contributed by atoms with van der Waals surface area (Å²) in [5.41, 5.74) is 0.0301. The maximum atomic E-state index is 11.6. The van der Waals surface area contributed by atoms with E-state index >= 15 is 0 Å². The Morgan fingerprint density at radius 1 is 1.41 bits per heavy atom. The molecule has 0 amide bonds. The lowest BCUT2D eigenvalue weighted by molar-refractivity contribution is 0.530. The minimum Gasteiger partial charge on any atom is -0.365 e. The highest BCUT2D eigenvalue weighted by molar-refractivity contribution is 5.37. The fraction of sp³-hybridized carbons (Fsp3) is 0.692. The van der Waals surface area contributed by atoms with Gasteiger partial charge in [0.25, 0.3) is 5.56 Å². The topological polar surface area (TPSA) is 57.8 Å². The molecule has 2 N–H and O–H groups in total. The van der Waals surface area contributed by atoms with Crippen LogP contribution in [-0.4, -0.2) is 15.5 Å². The molecule has 0 radical (unpaired) electrons. The van der Waals surface area contributed by atoms with Crippen LogP contribution < -0.4 is 10.9 Å². The van der Waals surface area contributed by atoms with Crippen LogP contribution in [0.3, 0.4) is 0 Å². The van der Waals surface area contributed by atoms with Gasteiger partial charge in [-0.15, -0.1) is 0 Å². The molecule has 1 aromatic heterocycles. The predicted octanol–water partition coefficient (Wildman–Crippen LogP) is 2.64. The molecular weight excluding hydrogens is 214 g/mol. The Balaban J connectivity index is 2.23. The van der Waals surface area contributed by atoms with E-state index < -0.39 is 0 Å². The summed E-state index contributed by atoms with van der Waals surface area (Å²) in [6, 6.07) is 1.55. The van der Waals surface area contributed by atoms with Crippen molar-refractivity contribution in [2.24, 2.45) is 0 Å². The molecule has 17 heavy (non-hydrogen) atoms. The van der Waals surface area contributed by atoms with Gasteiger partial charge in [-0.1, -0.05) is 26.7 Å². The van der Waals surface area contributed by atoms with Gasteiger partial charge in [0, 0.05) is 17.5 Å². The largest absolute Gasteiger partial charge is 0.365 e. The van der Waals surface area contributed by atoms with E-state index in [2.05, 4.69) is 22.2 Å². The van der Waals surface area contributed by atoms with Gasteiger partial charge in [-0.25, -0.2) is 4.98 Å². The van der Waals surface area contributed by atoms with Gasteiger partial charge in [-0.2, -0.15) is 0 Å². The van der Waals surface area contributed by atoms with Crippen LogP contribution in [0.4, 0.5) is 5.82 Å². The smallest absolute Gasteiger partial charge is 0.252 e. The molecule has 0 unspecified atom stereocenters. The first-order valence-electron chi connectivity index (χ1n) is 6.38. The number of aromatic amines is 1. The van der Waals surface area contributed by atoms with Crippen LogP contribution >= 0.6 is 0 Å². The zero-order chi connectivity index (χ0) is 12.5. The van der Waals surface area contributed by atoms with Crippen LogP contribution in [-0.2, 0) is 0 Å². The zero-order valence-corrected chi connectivity index (χ0v) is 10.8. The van der Waals surface area contributed by atoms with Gasteiger partial charge in [0.15, 0.2) is 0 Å². The number of rotatable bonds is 3. The molecule has 0 saturated heterocycles. The third-order valence-corrected chi connectivity index (χ3v) is 3.44. The van der Waals surface area contributed by atoms with Gasteiger partial charge >= 0.3 is 0 Å². The molecule has 1 heterocycles. The molecule has 1 saturated carbocycles. The highest BCUT2D eigenvalue weighted by Crippen LogP contribution is 2.31. The minimum absolute atomic E-state index is 0.0761. The summed E-state index contributed by atoms with van der Waals surface area (Å²) in [6.07, 6.45) is 4.81. The fourth-order valence-electron chi connectivity index (χ4n) is 2.40. The average molecular weight is 235 g/mol. The molecule has 0 atom stereocenters. The SMILES string of the molecule is CC(C)c1nc(NC2(C)CCCC2)cc(=O)[nH]1. The van der Waals surface area contributed by atoms with Crippen LogP contribution in [0.5, 0.6) is 0 Å². The first-order chi connectivity index (χ1) is 7.98.